The first-order valence-electron chi connectivity index (χ1n) is 15.0. The number of unbranched alkanes of at least 4 members (excludes halogenated alkanes) is 1. The first-order valence-corrected chi connectivity index (χ1v) is 15.0. The van der Waals surface area contributed by atoms with Gasteiger partial charge in [-0.15, -0.1) is 0 Å². The van der Waals surface area contributed by atoms with Crippen LogP contribution in [0.2, 0.25) is 0 Å². The summed E-state index contributed by atoms with van der Waals surface area (Å²) >= 11 is 0. The molecule has 0 bridgehead atoms. The number of carbonyl (C=O) groups is 1. The molecule has 1 amide bonds. The summed E-state index contributed by atoms with van der Waals surface area (Å²) in [7, 11) is 0. The van der Waals surface area contributed by atoms with Crippen LogP contribution in [0.25, 0.3) is 10.9 Å². The minimum absolute atomic E-state index is 0.00751. The predicted molar refractivity (Wildman–Crippen MR) is 160 cm³/mol. The molecule has 2 fully saturated rings. The number of hydrogen-bond donors (Lipinski definition) is 0. The molecule has 0 spiro atoms. The third kappa shape index (κ3) is 5.53. The van der Waals surface area contributed by atoms with Gasteiger partial charge in [0, 0.05) is 42.0 Å². The molecule has 202 valence electrons. The molecule has 0 unspecified atom stereocenters. The first kappa shape index (κ1) is 25.9. The van der Waals surface area contributed by atoms with Gasteiger partial charge in [-0.2, -0.15) is 0 Å². The molecule has 2 aliphatic rings. The number of amides is 1. The van der Waals surface area contributed by atoms with Crippen molar-refractivity contribution in [3.63, 3.8) is 0 Å². The van der Waals surface area contributed by atoms with Gasteiger partial charge in [-0.3, -0.25) is 4.79 Å². The van der Waals surface area contributed by atoms with Crippen molar-refractivity contribution in [2.45, 2.75) is 57.4 Å². The molecule has 0 atom stereocenters. The quantitative estimate of drug-likeness (QED) is 0.217. The molecule has 1 aromatic heterocycles. The summed E-state index contributed by atoms with van der Waals surface area (Å²) < 4.78 is 2.38. The number of piperidine rings is 1. The molecule has 2 saturated heterocycles. The van der Waals surface area contributed by atoms with E-state index < -0.39 is 0 Å². The van der Waals surface area contributed by atoms with Crippen LogP contribution in [-0.4, -0.2) is 53.0 Å². The zero-order valence-corrected chi connectivity index (χ0v) is 23.1. The number of para-hydroxylation sites is 1. The van der Waals surface area contributed by atoms with E-state index in [1.807, 2.05) is 0 Å². The Kier molecular flexibility index (Phi) is 8.11. The summed E-state index contributed by atoms with van der Waals surface area (Å²) in [5, 5.41) is 1.20. The topological polar surface area (TPSA) is 28.5 Å². The Bertz CT molecular complexity index is 1330. The maximum atomic E-state index is 14.5. The van der Waals surface area contributed by atoms with Gasteiger partial charge in [-0.1, -0.05) is 78.9 Å². The summed E-state index contributed by atoms with van der Waals surface area (Å²) in [5.41, 5.74) is 5.71. The molecular formula is C35H41N3O. The van der Waals surface area contributed by atoms with E-state index in [-0.39, 0.29) is 11.8 Å². The number of carbonyl (C=O) groups excluding carboxylic acids is 1. The SMILES string of the molecule is O=C(c1c(C(c2ccccc2)c2ccccc2)c2ccccc2n1CCCCN1CCCC1)N1CCCCC1. The van der Waals surface area contributed by atoms with Gasteiger partial charge in [0.2, 0.25) is 0 Å². The fourth-order valence-electron chi connectivity index (χ4n) is 6.76. The number of rotatable bonds is 9. The molecule has 0 saturated carbocycles. The standard InChI is InChI=1S/C35H41N3O/c39-35(37-25-10-3-11-26-37)34-33(32(28-16-4-1-5-17-28)29-18-6-2-7-19-29)30-20-8-9-21-31(30)38(34)27-15-14-24-36-22-12-13-23-36/h1-2,4-9,16-21,32H,3,10-15,22-27H2. The molecule has 0 radical (unpaired) electrons. The van der Waals surface area contributed by atoms with Crippen LogP contribution in [0.15, 0.2) is 84.9 Å². The van der Waals surface area contributed by atoms with Crippen LogP contribution in [0, 0.1) is 0 Å². The van der Waals surface area contributed by atoms with Gasteiger partial charge in [-0.05, 0) is 81.8 Å². The van der Waals surface area contributed by atoms with Gasteiger partial charge >= 0.3 is 0 Å². The highest BCUT2D eigenvalue weighted by Crippen LogP contribution is 2.41. The van der Waals surface area contributed by atoms with Gasteiger partial charge in [0.15, 0.2) is 0 Å². The van der Waals surface area contributed by atoms with Crippen LogP contribution < -0.4 is 0 Å². The van der Waals surface area contributed by atoms with Crippen molar-refractivity contribution in [2.75, 3.05) is 32.7 Å². The summed E-state index contributed by atoms with van der Waals surface area (Å²) in [6.07, 6.45) is 8.32. The Morgan fingerprint density at radius 2 is 1.21 bits per heavy atom. The third-order valence-corrected chi connectivity index (χ3v) is 8.72. The average molecular weight is 520 g/mol. The van der Waals surface area contributed by atoms with E-state index >= 15 is 0 Å². The van der Waals surface area contributed by atoms with Crippen LogP contribution in [0.1, 0.15) is 78.0 Å². The Balaban J connectivity index is 1.48. The number of fused-ring (bicyclic) bond motifs is 1. The number of benzene rings is 3. The fraction of sp³-hybridized carbons (Fsp3) is 0.400. The number of aromatic nitrogens is 1. The summed E-state index contributed by atoms with van der Waals surface area (Å²) in [4.78, 5) is 19.2. The van der Waals surface area contributed by atoms with Crippen molar-refractivity contribution in [3.8, 4) is 0 Å². The highest BCUT2D eigenvalue weighted by atomic mass is 16.2. The van der Waals surface area contributed by atoms with Crippen molar-refractivity contribution >= 4 is 16.8 Å². The van der Waals surface area contributed by atoms with Crippen LogP contribution in [0.3, 0.4) is 0 Å². The normalized spacial score (nSPS) is 16.4. The van der Waals surface area contributed by atoms with E-state index in [4.69, 9.17) is 0 Å². The van der Waals surface area contributed by atoms with Crippen LogP contribution >= 0.6 is 0 Å². The molecule has 3 aromatic carbocycles. The second-order valence-electron chi connectivity index (χ2n) is 11.3. The third-order valence-electron chi connectivity index (χ3n) is 8.72. The van der Waals surface area contributed by atoms with Crippen molar-refractivity contribution < 1.29 is 4.79 Å². The lowest BCUT2D eigenvalue weighted by atomic mass is 9.83. The lowest BCUT2D eigenvalue weighted by Crippen LogP contribution is -2.37. The molecule has 6 rings (SSSR count). The minimum Gasteiger partial charge on any atom is -0.337 e. The molecule has 4 aromatic rings. The van der Waals surface area contributed by atoms with Crippen molar-refractivity contribution in [2.24, 2.45) is 0 Å². The number of hydrogen-bond acceptors (Lipinski definition) is 2. The largest absolute Gasteiger partial charge is 0.337 e. The maximum Gasteiger partial charge on any atom is 0.270 e. The molecule has 2 aliphatic heterocycles. The number of nitrogens with zero attached hydrogens (tertiary/aromatic N) is 3. The van der Waals surface area contributed by atoms with Gasteiger partial charge in [0.1, 0.15) is 5.69 Å². The van der Waals surface area contributed by atoms with Crippen LogP contribution in [-0.2, 0) is 6.54 Å². The molecular weight excluding hydrogens is 478 g/mol. The first-order chi connectivity index (χ1) is 19.3. The van der Waals surface area contributed by atoms with Crippen molar-refractivity contribution in [1.29, 1.82) is 0 Å². The highest BCUT2D eigenvalue weighted by molar-refractivity contribution is 6.03. The Labute approximate surface area is 233 Å². The van der Waals surface area contributed by atoms with E-state index in [2.05, 4.69) is 99.3 Å². The zero-order chi connectivity index (χ0) is 26.4. The Hall–Kier alpha value is -3.37. The van der Waals surface area contributed by atoms with E-state index in [0.717, 1.165) is 56.7 Å². The monoisotopic (exact) mass is 519 g/mol. The van der Waals surface area contributed by atoms with Crippen LogP contribution in [0.4, 0.5) is 0 Å². The van der Waals surface area contributed by atoms with E-state index in [0.29, 0.717) is 0 Å². The second-order valence-corrected chi connectivity index (χ2v) is 11.3. The molecule has 39 heavy (non-hydrogen) atoms. The fourth-order valence-corrected chi connectivity index (χ4v) is 6.76. The average Bonchev–Trinajstić information content (AvgIpc) is 3.63. The Morgan fingerprint density at radius 3 is 1.87 bits per heavy atom. The lowest BCUT2D eigenvalue weighted by Gasteiger charge is -2.29. The Morgan fingerprint density at radius 1 is 0.641 bits per heavy atom. The molecule has 4 nitrogen and oxygen atoms in total. The summed E-state index contributed by atoms with van der Waals surface area (Å²) in [6, 6.07) is 30.2. The summed E-state index contributed by atoms with van der Waals surface area (Å²) in [5.74, 6) is 0.198. The molecule has 3 heterocycles. The highest BCUT2D eigenvalue weighted by Gasteiger charge is 2.32. The predicted octanol–water partition coefficient (Wildman–Crippen LogP) is 7.32. The smallest absolute Gasteiger partial charge is 0.270 e. The van der Waals surface area contributed by atoms with Gasteiger partial charge in [0.05, 0.1) is 0 Å². The van der Waals surface area contributed by atoms with Gasteiger partial charge < -0.3 is 14.4 Å². The zero-order valence-electron chi connectivity index (χ0n) is 23.1. The molecule has 0 aliphatic carbocycles. The molecule has 4 heteroatoms. The maximum absolute atomic E-state index is 14.5. The van der Waals surface area contributed by atoms with E-state index in [9.17, 15) is 4.79 Å². The number of likely N-dealkylation sites (tertiary alicyclic amines) is 2. The van der Waals surface area contributed by atoms with E-state index in [1.54, 1.807) is 0 Å². The van der Waals surface area contributed by atoms with Crippen molar-refractivity contribution in [3.05, 3.63) is 107 Å². The number of aryl methyl sites for hydroxylation is 1. The van der Waals surface area contributed by atoms with Crippen LogP contribution in [0.5, 0.6) is 0 Å². The minimum atomic E-state index is -0.00751. The second kappa shape index (κ2) is 12.2. The van der Waals surface area contributed by atoms with Gasteiger partial charge in [0.25, 0.3) is 5.91 Å². The molecule has 0 N–H and O–H groups in total. The van der Waals surface area contributed by atoms with Crippen molar-refractivity contribution in [1.82, 2.24) is 14.4 Å². The lowest BCUT2D eigenvalue weighted by molar-refractivity contribution is 0.0712. The summed E-state index contributed by atoms with van der Waals surface area (Å²) in [6.45, 7) is 6.24. The van der Waals surface area contributed by atoms with E-state index in [1.165, 1.54) is 60.8 Å². The van der Waals surface area contributed by atoms with Gasteiger partial charge in [-0.25, -0.2) is 0 Å².